The topological polar surface area (TPSA) is 83.6 Å². The number of hydrogen-bond acceptors (Lipinski definition) is 5. The molecule has 0 bridgehead atoms. The molecule has 1 atom stereocenters. The van der Waals surface area contributed by atoms with Gasteiger partial charge in [-0.2, -0.15) is 16.1 Å². The van der Waals surface area contributed by atoms with Gasteiger partial charge in [-0.05, 0) is 78.5 Å². The first-order chi connectivity index (χ1) is 19.3. The molecule has 1 amide bonds. The summed E-state index contributed by atoms with van der Waals surface area (Å²) in [5, 5.41) is 2.87. The largest absolute Gasteiger partial charge is 0.342 e. The van der Waals surface area contributed by atoms with Crippen molar-refractivity contribution in [3.8, 4) is 11.1 Å². The lowest BCUT2D eigenvalue weighted by atomic mass is 9.87. The smallest absolute Gasteiger partial charge is 0.252 e. The van der Waals surface area contributed by atoms with Crippen LogP contribution >= 0.6 is 23.4 Å². The van der Waals surface area contributed by atoms with E-state index in [-0.39, 0.29) is 18.2 Å². The van der Waals surface area contributed by atoms with Crippen LogP contribution in [0.1, 0.15) is 72.9 Å². The van der Waals surface area contributed by atoms with E-state index in [1.54, 1.807) is 22.1 Å². The van der Waals surface area contributed by atoms with E-state index in [4.69, 9.17) is 11.6 Å². The summed E-state index contributed by atoms with van der Waals surface area (Å²) < 4.78 is 28.3. The summed E-state index contributed by atoms with van der Waals surface area (Å²) in [5.74, 6) is 1.34. The molecule has 2 aromatic rings. The van der Waals surface area contributed by atoms with Crippen molar-refractivity contribution < 1.29 is 18.0 Å². The zero-order valence-corrected chi connectivity index (χ0v) is 26.1. The zero-order chi connectivity index (χ0) is 29.0. The Morgan fingerprint density at radius 1 is 1.15 bits per heavy atom. The van der Waals surface area contributed by atoms with Crippen molar-refractivity contribution in [3.05, 3.63) is 59.2 Å². The lowest BCUT2D eigenvalue weighted by molar-refractivity contribution is -0.109. The molecule has 9 heteroatoms. The Hall–Kier alpha value is -1.87. The molecule has 1 saturated carbocycles. The van der Waals surface area contributed by atoms with Gasteiger partial charge in [0.1, 0.15) is 6.29 Å². The molecule has 1 N–H and O–H groups in total. The van der Waals surface area contributed by atoms with Gasteiger partial charge in [-0.1, -0.05) is 62.4 Å². The highest BCUT2D eigenvalue weighted by atomic mass is 35.5. The van der Waals surface area contributed by atoms with Crippen molar-refractivity contribution in [2.75, 3.05) is 30.2 Å². The SMILES string of the molecule is CSCC[C@@H](C=O)NC(=O)c1ccc(CN(CCC2CCCCC2)S(=O)(=O)CCCCl)cc1-c1ccccc1C. The summed E-state index contributed by atoms with van der Waals surface area (Å²) in [7, 11) is -3.50. The monoisotopic (exact) mass is 606 g/mol. The van der Waals surface area contributed by atoms with Crippen molar-refractivity contribution >= 4 is 45.6 Å². The molecule has 0 heterocycles. The molecule has 0 aromatic heterocycles. The van der Waals surface area contributed by atoms with E-state index in [9.17, 15) is 18.0 Å². The third-order valence-corrected chi connectivity index (χ3v) is 10.5. The molecule has 40 heavy (non-hydrogen) atoms. The van der Waals surface area contributed by atoms with E-state index >= 15 is 0 Å². The average molecular weight is 607 g/mol. The second-order valence-corrected chi connectivity index (χ2v) is 14.1. The van der Waals surface area contributed by atoms with E-state index in [0.29, 0.717) is 36.7 Å². The number of alkyl halides is 1. The molecular formula is C31H43ClN2O4S2. The summed E-state index contributed by atoms with van der Waals surface area (Å²) in [6.45, 7) is 2.71. The molecule has 0 saturated heterocycles. The predicted molar refractivity (Wildman–Crippen MR) is 168 cm³/mol. The highest BCUT2D eigenvalue weighted by Gasteiger charge is 2.25. The Morgan fingerprint density at radius 3 is 2.58 bits per heavy atom. The highest BCUT2D eigenvalue weighted by Crippen LogP contribution is 2.30. The summed E-state index contributed by atoms with van der Waals surface area (Å²) in [6.07, 6.45) is 10.6. The first-order valence-electron chi connectivity index (χ1n) is 14.3. The normalized spacial score (nSPS) is 15.2. The molecule has 1 aliphatic rings. The van der Waals surface area contributed by atoms with Gasteiger partial charge in [-0.3, -0.25) is 4.79 Å². The van der Waals surface area contributed by atoms with E-state index in [1.165, 1.54) is 19.3 Å². The van der Waals surface area contributed by atoms with Gasteiger partial charge >= 0.3 is 0 Å². The van der Waals surface area contributed by atoms with Crippen LogP contribution in [-0.2, 0) is 21.4 Å². The number of sulfonamides is 1. The quantitative estimate of drug-likeness (QED) is 0.175. The number of aryl methyl sites for hydroxylation is 1. The molecule has 6 nitrogen and oxygen atoms in total. The maximum atomic E-state index is 13.4. The van der Waals surface area contributed by atoms with E-state index in [1.807, 2.05) is 49.6 Å². The van der Waals surface area contributed by atoms with Crippen molar-refractivity contribution in [1.29, 1.82) is 0 Å². The molecule has 0 spiro atoms. The fraction of sp³-hybridized carbons (Fsp3) is 0.548. The fourth-order valence-electron chi connectivity index (χ4n) is 5.34. The number of hydrogen-bond donors (Lipinski definition) is 1. The van der Waals surface area contributed by atoms with Gasteiger partial charge in [0.15, 0.2) is 0 Å². The Balaban J connectivity index is 1.93. The van der Waals surface area contributed by atoms with Crippen molar-refractivity contribution in [2.24, 2.45) is 5.92 Å². The van der Waals surface area contributed by atoms with Crippen LogP contribution in [0.4, 0.5) is 0 Å². The molecule has 1 fully saturated rings. The summed E-state index contributed by atoms with van der Waals surface area (Å²) in [4.78, 5) is 25.0. The lowest BCUT2D eigenvalue weighted by Crippen LogP contribution is -2.37. The van der Waals surface area contributed by atoms with Crippen LogP contribution in [0.5, 0.6) is 0 Å². The van der Waals surface area contributed by atoms with Crippen LogP contribution in [-0.4, -0.2) is 61.1 Å². The van der Waals surface area contributed by atoms with Crippen LogP contribution in [0.3, 0.4) is 0 Å². The zero-order valence-electron chi connectivity index (χ0n) is 23.7. The molecule has 0 aliphatic heterocycles. The summed E-state index contributed by atoms with van der Waals surface area (Å²) in [5.41, 5.74) is 3.93. The minimum Gasteiger partial charge on any atom is -0.342 e. The Bertz CT molecular complexity index is 1220. The van der Waals surface area contributed by atoms with E-state index in [0.717, 1.165) is 53.6 Å². The minimum absolute atomic E-state index is 0.0233. The van der Waals surface area contributed by atoms with Crippen LogP contribution < -0.4 is 5.32 Å². The van der Waals surface area contributed by atoms with Gasteiger partial charge < -0.3 is 10.1 Å². The summed E-state index contributed by atoms with van der Waals surface area (Å²) >= 11 is 7.48. The maximum absolute atomic E-state index is 13.4. The fourth-order valence-corrected chi connectivity index (χ4v) is 7.62. The molecule has 0 unspecified atom stereocenters. The Labute approximate surface area is 249 Å². The van der Waals surface area contributed by atoms with Crippen LogP contribution in [0, 0.1) is 12.8 Å². The molecule has 1 aliphatic carbocycles. The minimum atomic E-state index is -3.50. The van der Waals surface area contributed by atoms with Gasteiger partial charge in [0, 0.05) is 24.5 Å². The third-order valence-electron chi connectivity index (χ3n) is 7.68. The summed E-state index contributed by atoms with van der Waals surface area (Å²) in [6, 6.07) is 12.8. The first-order valence-corrected chi connectivity index (χ1v) is 17.8. The number of halogens is 1. The van der Waals surface area contributed by atoms with Crippen LogP contribution in [0.25, 0.3) is 11.1 Å². The molecule has 220 valence electrons. The van der Waals surface area contributed by atoms with Crippen molar-refractivity contribution in [2.45, 2.75) is 70.9 Å². The van der Waals surface area contributed by atoms with Gasteiger partial charge in [0.2, 0.25) is 10.0 Å². The van der Waals surface area contributed by atoms with Crippen molar-refractivity contribution in [1.82, 2.24) is 9.62 Å². The van der Waals surface area contributed by atoms with Crippen molar-refractivity contribution in [3.63, 3.8) is 0 Å². The average Bonchev–Trinajstić information content (AvgIpc) is 2.96. The number of rotatable bonds is 16. The Morgan fingerprint density at radius 2 is 1.90 bits per heavy atom. The number of nitrogens with one attached hydrogen (secondary N) is 1. The molecule has 0 radical (unpaired) electrons. The van der Waals surface area contributed by atoms with Crippen LogP contribution in [0.2, 0.25) is 0 Å². The number of carbonyl (C=O) groups excluding carboxylic acids is 2. The standard InChI is InChI=1S/C31H43ClN2O4S2/c1-24-9-6-7-12-28(24)30-21-26(13-14-29(30)31(36)33-27(23-35)16-19-39-2)22-34(40(37,38)20-8-17-32)18-15-25-10-4-3-5-11-25/h6-7,9,12-14,21,23,25,27H,3-5,8,10-11,15-20,22H2,1-2H3,(H,33,36)/t27-/m0/s1. The van der Waals surface area contributed by atoms with Gasteiger partial charge in [-0.25, -0.2) is 8.42 Å². The van der Waals surface area contributed by atoms with Gasteiger partial charge in [0.25, 0.3) is 5.91 Å². The molecular weight excluding hydrogens is 564 g/mol. The first kappa shape index (κ1) is 32.6. The Kier molecular flexibility index (Phi) is 13.5. The second-order valence-electron chi connectivity index (χ2n) is 10.7. The van der Waals surface area contributed by atoms with Crippen LogP contribution in [0.15, 0.2) is 42.5 Å². The number of aldehydes is 1. The number of carbonyl (C=O) groups is 2. The van der Waals surface area contributed by atoms with E-state index in [2.05, 4.69) is 5.32 Å². The maximum Gasteiger partial charge on any atom is 0.252 e. The second kappa shape index (κ2) is 16.5. The molecule has 3 rings (SSSR count). The number of benzene rings is 2. The number of thioether (sulfide) groups is 1. The van der Waals surface area contributed by atoms with E-state index < -0.39 is 16.1 Å². The number of nitrogens with zero attached hydrogens (tertiary/aromatic N) is 1. The highest BCUT2D eigenvalue weighted by molar-refractivity contribution is 7.98. The van der Waals surface area contributed by atoms with Gasteiger partial charge in [0.05, 0.1) is 11.8 Å². The third kappa shape index (κ3) is 9.61. The predicted octanol–water partition coefficient (Wildman–Crippen LogP) is 6.44. The number of amides is 1. The van der Waals surface area contributed by atoms with Gasteiger partial charge in [-0.15, -0.1) is 11.6 Å². The lowest BCUT2D eigenvalue weighted by Gasteiger charge is -2.27. The molecule has 2 aromatic carbocycles.